The van der Waals surface area contributed by atoms with E-state index in [-0.39, 0.29) is 23.0 Å². The van der Waals surface area contributed by atoms with Crippen LogP contribution in [-0.2, 0) is 0 Å². The van der Waals surface area contributed by atoms with Gasteiger partial charge < -0.3 is 0 Å². The fourth-order valence-corrected chi connectivity index (χ4v) is 2.31. The third-order valence-electron chi connectivity index (χ3n) is 2.93. The van der Waals surface area contributed by atoms with Gasteiger partial charge >= 0.3 is 0 Å². The van der Waals surface area contributed by atoms with E-state index in [0.717, 1.165) is 5.56 Å². The zero-order valence-electron chi connectivity index (χ0n) is 10.8. The van der Waals surface area contributed by atoms with Crippen LogP contribution >= 0.6 is 23.2 Å². The van der Waals surface area contributed by atoms with Crippen LogP contribution in [0, 0.1) is 6.92 Å². The quantitative estimate of drug-likeness (QED) is 0.603. The van der Waals surface area contributed by atoms with Crippen LogP contribution in [0.2, 0.25) is 10.0 Å². The highest BCUT2D eigenvalue weighted by atomic mass is 35.5. The van der Waals surface area contributed by atoms with E-state index in [2.05, 4.69) is 0 Å². The first-order valence-electron chi connectivity index (χ1n) is 6.05. The van der Waals surface area contributed by atoms with Crippen molar-refractivity contribution in [2.75, 3.05) is 0 Å². The first-order chi connectivity index (χ1) is 9.47. The summed E-state index contributed by atoms with van der Waals surface area (Å²) in [6.45, 7) is 1.94. The lowest BCUT2D eigenvalue weighted by Gasteiger charge is -2.04. The lowest BCUT2D eigenvalue weighted by Crippen LogP contribution is -2.09. The molecule has 2 nitrogen and oxygen atoms in total. The molecule has 0 spiro atoms. The summed E-state index contributed by atoms with van der Waals surface area (Å²) in [4.78, 5) is 24.1. The van der Waals surface area contributed by atoms with Crippen LogP contribution < -0.4 is 0 Å². The van der Waals surface area contributed by atoms with Gasteiger partial charge in [0, 0.05) is 16.1 Å². The minimum atomic E-state index is -0.308. The maximum Gasteiger partial charge on any atom is 0.172 e. The molecule has 0 saturated carbocycles. The highest BCUT2D eigenvalue weighted by Crippen LogP contribution is 2.22. The summed E-state index contributed by atoms with van der Waals surface area (Å²) < 4.78 is 0. The summed E-state index contributed by atoms with van der Waals surface area (Å²) in [6, 6.07) is 11.7. The van der Waals surface area contributed by atoms with Crippen molar-refractivity contribution in [3.05, 3.63) is 69.2 Å². The fraction of sp³-hybridized carbons (Fsp3) is 0.125. The van der Waals surface area contributed by atoms with Gasteiger partial charge in [0.1, 0.15) is 0 Å². The van der Waals surface area contributed by atoms with Gasteiger partial charge in [0.15, 0.2) is 11.6 Å². The second-order valence-electron chi connectivity index (χ2n) is 4.51. The summed E-state index contributed by atoms with van der Waals surface area (Å²) >= 11 is 11.7. The summed E-state index contributed by atoms with van der Waals surface area (Å²) in [5, 5.41) is 0.718. The number of hydrogen-bond donors (Lipinski definition) is 0. The second-order valence-corrected chi connectivity index (χ2v) is 5.36. The maximum atomic E-state index is 12.1. The number of rotatable bonds is 4. The molecule has 0 bridgehead atoms. The van der Waals surface area contributed by atoms with E-state index in [1.54, 1.807) is 18.2 Å². The van der Waals surface area contributed by atoms with E-state index in [0.29, 0.717) is 16.1 Å². The Kier molecular flexibility index (Phi) is 4.58. The van der Waals surface area contributed by atoms with Gasteiger partial charge in [-0.25, -0.2) is 0 Å². The molecule has 2 rings (SSSR count). The Hall–Kier alpha value is -1.64. The molecular formula is C16H12Cl2O2. The Bertz CT molecular complexity index is 661. The number of carbonyl (C=O) groups is 2. The van der Waals surface area contributed by atoms with E-state index >= 15 is 0 Å². The van der Waals surface area contributed by atoms with Crippen LogP contribution in [0.4, 0.5) is 0 Å². The summed E-state index contributed by atoms with van der Waals surface area (Å²) in [5.74, 6) is -0.529. The topological polar surface area (TPSA) is 34.1 Å². The van der Waals surface area contributed by atoms with Crippen molar-refractivity contribution < 1.29 is 9.59 Å². The largest absolute Gasteiger partial charge is 0.294 e. The van der Waals surface area contributed by atoms with Gasteiger partial charge in [-0.05, 0) is 25.1 Å². The number of carbonyl (C=O) groups excluding carboxylic acids is 2. The Morgan fingerprint density at radius 1 is 0.950 bits per heavy atom. The van der Waals surface area contributed by atoms with Crippen LogP contribution in [0.1, 0.15) is 32.7 Å². The van der Waals surface area contributed by atoms with E-state index in [4.69, 9.17) is 23.2 Å². The number of ketones is 2. The molecule has 0 aromatic heterocycles. The minimum Gasteiger partial charge on any atom is -0.294 e. The van der Waals surface area contributed by atoms with Gasteiger partial charge in [-0.1, -0.05) is 53.0 Å². The summed E-state index contributed by atoms with van der Waals surface area (Å²) in [5.41, 5.74) is 1.90. The van der Waals surface area contributed by atoms with Crippen molar-refractivity contribution in [3.63, 3.8) is 0 Å². The molecule has 2 aromatic rings. The van der Waals surface area contributed by atoms with Crippen molar-refractivity contribution in [2.24, 2.45) is 0 Å². The number of Topliss-reactive ketones (excluding diaryl/α,β-unsaturated/α-hetero) is 2. The second kappa shape index (κ2) is 6.21. The van der Waals surface area contributed by atoms with Gasteiger partial charge in [-0.3, -0.25) is 9.59 Å². The highest BCUT2D eigenvalue weighted by Gasteiger charge is 2.16. The smallest absolute Gasteiger partial charge is 0.172 e. The van der Waals surface area contributed by atoms with E-state index in [9.17, 15) is 9.59 Å². The average molecular weight is 307 g/mol. The molecule has 102 valence electrons. The first kappa shape index (κ1) is 14.8. The third-order valence-corrected chi connectivity index (χ3v) is 3.47. The molecule has 0 fully saturated rings. The molecule has 0 radical (unpaired) electrons. The fourth-order valence-electron chi connectivity index (χ4n) is 1.80. The molecule has 0 aliphatic rings. The number of benzene rings is 2. The normalized spacial score (nSPS) is 10.3. The number of aryl methyl sites for hydroxylation is 1. The highest BCUT2D eigenvalue weighted by molar-refractivity contribution is 6.37. The van der Waals surface area contributed by atoms with Gasteiger partial charge in [-0.15, -0.1) is 0 Å². The monoisotopic (exact) mass is 306 g/mol. The molecule has 20 heavy (non-hydrogen) atoms. The predicted octanol–water partition coefficient (Wildman–Crippen LogP) is 4.76. The SMILES string of the molecule is Cc1ccc(C(=O)CC(=O)c2ccc(Cl)cc2Cl)cc1. The zero-order chi connectivity index (χ0) is 14.7. The van der Waals surface area contributed by atoms with Crippen LogP contribution in [0.5, 0.6) is 0 Å². The van der Waals surface area contributed by atoms with Crippen molar-refractivity contribution in [3.8, 4) is 0 Å². The Labute approximate surface area is 127 Å². The molecule has 0 heterocycles. The van der Waals surface area contributed by atoms with Crippen LogP contribution in [0.3, 0.4) is 0 Å². The number of halogens is 2. The molecule has 0 saturated heterocycles. The number of hydrogen-bond acceptors (Lipinski definition) is 2. The molecule has 0 N–H and O–H groups in total. The van der Waals surface area contributed by atoms with Gasteiger partial charge in [0.25, 0.3) is 0 Å². The van der Waals surface area contributed by atoms with Gasteiger partial charge in [0.05, 0.1) is 11.4 Å². The lowest BCUT2D eigenvalue weighted by molar-refractivity contribution is 0.0894. The molecule has 0 amide bonds. The molecule has 0 unspecified atom stereocenters. The molecule has 4 heteroatoms. The summed E-state index contributed by atoms with van der Waals surface area (Å²) in [7, 11) is 0. The molecule has 0 atom stereocenters. The van der Waals surface area contributed by atoms with Gasteiger partial charge in [0.2, 0.25) is 0 Å². The molecule has 2 aromatic carbocycles. The maximum absolute atomic E-state index is 12.1. The molecule has 0 aliphatic heterocycles. The average Bonchev–Trinajstić information content (AvgIpc) is 2.39. The van der Waals surface area contributed by atoms with Gasteiger partial charge in [-0.2, -0.15) is 0 Å². The Balaban J connectivity index is 2.15. The third kappa shape index (κ3) is 3.47. The standard InChI is InChI=1S/C16H12Cl2O2/c1-10-2-4-11(5-3-10)15(19)9-16(20)13-7-6-12(17)8-14(13)18/h2-8H,9H2,1H3. The zero-order valence-corrected chi connectivity index (χ0v) is 12.3. The minimum absolute atomic E-state index is 0.204. The Morgan fingerprint density at radius 3 is 2.20 bits per heavy atom. The van der Waals surface area contributed by atoms with Crippen LogP contribution in [-0.4, -0.2) is 11.6 Å². The van der Waals surface area contributed by atoms with E-state index in [1.165, 1.54) is 12.1 Å². The van der Waals surface area contributed by atoms with Crippen molar-refractivity contribution >= 4 is 34.8 Å². The lowest BCUT2D eigenvalue weighted by atomic mass is 10.0. The molecular weight excluding hydrogens is 295 g/mol. The van der Waals surface area contributed by atoms with Crippen molar-refractivity contribution in [1.82, 2.24) is 0 Å². The van der Waals surface area contributed by atoms with Crippen molar-refractivity contribution in [2.45, 2.75) is 13.3 Å². The van der Waals surface area contributed by atoms with Crippen LogP contribution in [0.25, 0.3) is 0 Å². The predicted molar refractivity (Wildman–Crippen MR) is 80.9 cm³/mol. The van der Waals surface area contributed by atoms with Crippen molar-refractivity contribution in [1.29, 1.82) is 0 Å². The van der Waals surface area contributed by atoms with E-state index in [1.807, 2.05) is 19.1 Å². The first-order valence-corrected chi connectivity index (χ1v) is 6.81. The summed E-state index contributed by atoms with van der Waals surface area (Å²) in [6.07, 6.45) is -0.204. The molecule has 0 aliphatic carbocycles. The Morgan fingerprint density at radius 2 is 1.60 bits per heavy atom. The van der Waals surface area contributed by atoms with E-state index < -0.39 is 0 Å². The van der Waals surface area contributed by atoms with Crippen LogP contribution in [0.15, 0.2) is 42.5 Å².